The van der Waals surface area contributed by atoms with E-state index >= 15 is 0 Å². The highest BCUT2D eigenvalue weighted by Crippen LogP contribution is 2.36. The molecule has 28 heavy (non-hydrogen) atoms. The van der Waals surface area contributed by atoms with Gasteiger partial charge in [-0.15, -0.1) is 22.7 Å². The summed E-state index contributed by atoms with van der Waals surface area (Å²) in [7, 11) is 0. The third-order valence-corrected chi connectivity index (χ3v) is 6.20. The Morgan fingerprint density at radius 1 is 1.11 bits per heavy atom. The summed E-state index contributed by atoms with van der Waals surface area (Å²) in [4.78, 5) is 27.4. The van der Waals surface area contributed by atoms with Crippen LogP contribution in [0.25, 0.3) is 21.8 Å². The van der Waals surface area contributed by atoms with Crippen molar-refractivity contribution < 1.29 is 4.79 Å². The number of aryl methyl sites for hydroxylation is 1. The molecule has 4 aromatic rings. The van der Waals surface area contributed by atoms with Crippen LogP contribution in [0.5, 0.6) is 0 Å². The predicted molar refractivity (Wildman–Crippen MR) is 115 cm³/mol. The number of hydrogen-bond acceptors (Lipinski definition) is 6. The molecule has 140 valence electrons. The van der Waals surface area contributed by atoms with Gasteiger partial charge < -0.3 is 0 Å². The van der Waals surface area contributed by atoms with E-state index < -0.39 is 0 Å². The number of rotatable bonds is 6. The maximum Gasteiger partial charge on any atom is 0.222 e. The molecule has 0 N–H and O–H groups in total. The first kappa shape index (κ1) is 18.9. The predicted octanol–water partition coefficient (Wildman–Crippen LogP) is 5.64. The zero-order valence-corrected chi connectivity index (χ0v) is 17.4. The molecular formula is C21H16ClN3OS2. The Morgan fingerprint density at radius 2 is 2.00 bits per heavy atom. The highest BCUT2D eigenvalue weighted by molar-refractivity contribution is 7.15. The van der Waals surface area contributed by atoms with E-state index in [4.69, 9.17) is 16.6 Å². The van der Waals surface area contributed by atoms with Crippen molar-refractivity contribution >= 4 is 40.1 Å². The maximum absolute atomic E-state index is 12.4. The Bertz CT molecular complexity index is 1120. The van der Waals surface area contributed by atoms with E-state index in [1.807, 2.05) is 54.8 Å². The number of thiazole rings is 1. The van der Waals surface area contributed by atoms with Crippen molar-refractivity contribution in [2.24, 2.45) is 0 Å². The lowest BCUT2D eigenvalue weighted by Crippen LogP contribution is -2.05. The normalized spacial score (nSPS) is 10.9. The topological polar surface area (TPSA) is 55.7 Å². The van der Waals surface area contributed by atoms with Gasteiger partial charge in [0.05, 0.1) is 21.3 Å². The highest BCUT2D eigenvalue weighted by atomic mass is 35.5. The van der Waals surface area contributed by atoms with Gasteiger partial charge in [-0.1, -0.05) is 24.3 Å². The van der Waals surface area contributed by atoms with E-state index in [0.29, 0.717) is 12.8 Å². The summed E-state index contributed by atoms with van der Waals surface area (Å²) in [6.07, 6.45) is 2.52. The quantitative estimate of drug-likeness (QED) is 0.375. The second kappa shape index (κ2) is 8.31. The average Bonchev–Trinajstić information content (AvgIpc) is 3.31. The summed E-state index contributed by atoms with van der Waals surface area (Å²) in [6.45, 7) is 1.97. The number of Topliss-reactive ketones (excluding diaryl/α,β-unsaturated/α-hetero) is 1. The molecule has 0 aliphatic carbocycles. The summed E-state index contributed by atoms with van der Waals surface area (Å²) < 4.78 is 0. The van der Waals surface area contributed by atoms with Gasteiger partial charge in [-0.2, -0.15) is 0 Å². The van der Waals surface area contributed by atoms with Gasteiger partial charge in [-0.05, 0) is 47.7 Å². The minimum atomic E-state index is 0.205. The Balaban J connectivity index is 1.62. The molecule has 0 spiro atoms. The van der Waals surface area contributed by atoms with Crippen molar-refractivity contribution in [1.82, 2.24) is 15.0 Å². The van der Waals surface area contributed by atoms with Crippen LogP contribution in [-0.2, 0) is 17.6 Å². The van der Waals surface area contributed by atoms with Gasteiger partial charge in [-0.3, -0.25) is 4.79 Å². The van der Waals surface area contributed by atoms with Gasteiger partial charge in [0.15, 0.2) is 0 Å². The Morgan fingerprint density at radius 3 is 2.79 bits per heavy atom. The number of halogens is 1. The van der Waals surface area contributed by atoms with Gasteiger partial charge >= 0.3 is 0 Å². The van der Waals surface area contributed by atoms with Crippen LogP contribution in [0.3, 0.4) is 0 Å². The fourth-order valence-corrected chi connectivity index (χ4v) is 4.78. The fourth-order valence-electron chi connectivity index (χ4n) is 2.98. The fraction of sp³-hybridized carbons (Fsp3) is 0.143. The molecule has 3 heterocycles. The number of carbonyl (C=O) groups excluding carboxylic acids is 1. The lowest BCUT2D eigenvalue weighted by atomic mass is 10.0. The van der Waals surface area contributed by atoms with Crippen molar-refractivity contribution in [1.29, 1.82) is 0 Å². The number of aromatic nitrogens is 3. The molecule has 0 aliphatic rings. The van der Waals surface area contributed by atoms with Crippen LogP contribution in [-0.4, -0.2) is 20.7 Å². The third-order valence-electron chi connectivity index (χ3n) is 4.15. The second-order valence-corrected chi connectivity index (χ2v) is 8.87. The summed E-state index contributed by atoms with van der Waals surface area (Å²) >= 11 is 9.15. The molecule has 4 nitrogen and oxygen atoms in total. The van der Waals surface area contributed by atoms with Gasteiger partial charge in [0, 0.05) is 29.5 Å². The lowest BCUT2D eigenvalue weighted by molar-refractivity contribution is -0.117. The molecular weight excluding hydrogens is 410 g/mol. The number of hydrogen-bond donors (Lipinski definition) is 0. The van der Waals surface area contributed by atoms with Crippen molar-refractivity contribution in [3.8, 4) is 21.8 Å². The lowest BCUT2D eigenvalue weighted by Gasteiger charge is -2.06. The zero-order valence-electron chi connectivity index (χ0n) is 15.1. The van der Waals surface area contributed by atoms with Crippen LogP contribution >= 0.6 is 34.3 Å². The molecule has 0 unspecified atom stereocenters. The minimum Gasteiger partial charge on any atom is -0.299 e. The van der Waals surface area contributed by atoms with Crippen molar-refractivity contribution in [3.63, 3.8) is 0 Å². The van der Waals surface area contributed by atoms with Gasteiger partial charge in [-0.25, -0.2) is 15.0 Å². The van der Waals surface area contributed by atoms with Crippen LogP contribution in [0.15, 0.2) is 54.0 Å². The Kier molecular flexibility index (Phi) is 5.62. The van der Waals surface area contributed by atoms with Crippen LogP contribution in [0, 0.1) is 6.92 Å². The van der Waals surface area contributed by atoms with Gasteiger partial charge in [0.2, 0.25) is 5.28 Å². The summed E-state index contributed by atoms with van der Waals surface area (Å²) in [5.41, 5.74) is 3.55. The largest absolute Gasteiger partial charge is 0.299 e. The van der Waals surface area contributed by atoms with E-state index in [1.54, 1.807) is 28.9 Å². The van der Waals surface area contributed by atoms with Gasteiger partial charge in [0.25, 0.3) is 0 Å². The molecule has 0 aliphatic heterocycles. The molecule has 7 heteroatoms. The summed E-state index contributed by atoms with van der Waals surface area (Å²) in [6, 6.07) is 13.8. The van der Waals surface area contributed by atoms with Gasteiger partial charge in [0.1, 0.15) is 5.78 Å². The second-order valence-electron chi connectivity index (χ2n) is 6.29. The third kappa shape index (κ3) is 4.35. The first-order valence-corrected chi connectivity index (χ1v) is 10.8. The molecule has 0 saturated carbocycles. The van der Waals surface area contributed by atoms with Crippen LogP contribution in [0.4, 0.5) is 0 Å². The number of nitrogens with zero attached hydrogens (tertiary/aromatic N) is 3. The monoisotopic (exact) mass is 425 g/mol. The highest BCUT2D eigenvalue weighted by Gasteiger charge is 2.16. The molecule has 0 radical (unpaired) electrons. The Hall–Kier alpha value is -2.41. The molecule has 4 rings (SSSR count). The molecule has 1 aromatic carbocycles. The molecule has 0 bridgehead atoms. The van der Waals surface area contributed by atoms with Crippen molar-refractivity contribution in [3.05, 3.63) is 74.8 Å². The minimum absolute atomic E-state index is 0.205. The maximum atomic E-state index is 12.4. The molecule has 0 amide bonds. The van der Waals surface area contributed by atoms with E-state index in [9.17, 15) is 4.79 Å². The van der Waals surface area contributed by atoms with E-state index in [1.165, 1.54) is 0 Å². The first-order valence-electron chi connectivity index (χ1n) is 8.68. The number of ketones is 1. The molecule has 3 aromatic heterocycles. The average molecular weight is 426 g/mol. The van der Waals surface area contributed by atoms with Crippen molar-refractivity contribution in [2.45, 2.75) is 19.8 Å². The van der Waals surface area contributed by atoms with Crippen LogP contribution in [0.2, 0.25) is 5.28 Å². The zero-order chi connectivity index (χ0) is 19.5. The number of thiophene rings is 1. The summed E-state index contributed by atoms with van der Waals surface area (Å²) in [5, 5.41) is 3.15. The Labute approximate surface area is 175 Å². The van der Waals surface area contributed by atoms with Crippen molar-refractivity contribution in [2.75, 3.05) is 0 Å². The number of carbonyl (C=O) groups is 1. The SMILES string of the molecule is Cc1nc(-c2cccc(CC(=O)Cc3cccs3)c2)c(-c2ccnc(Cl)n2)s1. The smallest absolute Gasteiger partial charge is 0.222 e. The standard InChI is InChI=1S/C21H16ClN3OS2/c1-13-24-19(20(28-13)18-7-8-23-21(22)25-18)15-5-2-4-14(10-15)11-16(26)12-17-6-3-9-27-17/h2-10H,11-12H2,1H3. The molecule has 0 saturated heterocycles. The number of benzene rings is 1. The van der Waals surface area contributed by atoms with E-state index in [2.05, 4.69) is 9.97 Å². The summed E-state index contributed by atoms with van der Waals surface area (Å²) in [5.74, 6) is 0.205. The van der Waals surface area contributed by atoms with E-state index in [-0.39, 0.29) is 11.1 Å². The molecule has 0 atom stereocenters. The van der Waals surface area contributed by atoms with Crippen LogP contribution < -0.4 is 0 Å². The molecule has 0 fully saturated rings. The van der Waals surface area contributed by atoms with Crippen LogP contribution in [0.1, 0.15) is 15.4 Å². The van der Waals surface area contributed by atoms with E-state index in [0.717, 1.165) is 37.3 Å². The first-order chi connectivity index (χ1) is 13.6.